The molecule has 0 bridgehead atoms. The number of hydrogen-bond acceptors (Lipinski definition) is 4. The van der Waals surface area contributed by atoms with E-state index in [2.05, 4.69) is 9.97 Å². The molecule has 19 heavy (non-hydrogen) atoms. The molecule has 0 atom stereocenters. The van der Waals surface area contributed by atoms with Gasteiger partial charge in [0.15, 0.2) is 0 Å². The maximum atomic E-state index is 8.85. The number of para-hydroxylation sites is 2. The Morgan fingerprint density at radius 2 is 1.47 bits per heavy atom. The highest BCUT2D eigenvalue weighted by Gasteiger charge is 2.12. The van der Waals surface area contributed by atoms with Crippen LogP contribution in [-0.4, -0.2) is 22.7 Å². The van der Waals surface area contributed by atoms with Crippen LogP contribution in [0.5, 0.6) is 5.88 Å². The lowest BCUT2D eigenvalue weighted by Gasteiger charge is -2.09. The van der Waals surface area contributed by atoms with Crippen LogP contribution in [-0.2, 0) is 0 Å². The van der Waals surface area contributed by atoms with Crippen LogP contribution < -0.4 is 4.65 Å². The fourth-order valence-corrected chi connectivity index (χ4v) is 1.90. The highest BCUT2D eigenvalue weighted by molar-refractivity contribution is 6.17. The molecular weight excluding hydrogens is 239 g/mol. The van der Waals surface area contributed by atoms with Crippen molar-refractivity contribution in [3.05, 3.63) is 54.6 Å². The van der Waals surface area contributed by atoms with Gasteiger partial charge in [-0.1, -0.05) is 42.5 Å². The van der Waals surface area contributed by atoms with Gasteiger partial charge in [-0.2, -0.15) is 0 Å². The van der Waals surface area contributed by atoms with E-state index < -0.39 is 0 Å². The van der Waals surface area contributed by atoms with E-state index in [0.717, 1.165) is 16.6 Å². The smallest absolute Gasteiger partial charge is 0.522 e. The van der Waals surface area contributed by atoms with Crippen molar-refractivity contribution in [3.63, 3.8) is 0 Å². The second-order valence-corrected chi connectivity index (χ2v) is 3.96. The SMILES string of the molecule is O[B]Oc1nc2ccccc2nc1-c1ccccc1. The Morgan fingerprint density at radius 3 is 2.16 bits per heavy atom. The Morgan fingerprint density at radius 1 is 0.842 bits per heavy atom. The number of benzene rings is 2. The average molecular weight is 249 g/mol. The Hall–Kier alpha value is -2.40. The van der Waals surface area contributed by atoms with Gasteiger partial charge in [-0.25, -0.2) is 9.97 Å². The van der Waals surface area contributed by atoms with E-state index in [9.17, 15) is 0 Å². The fraction of sp³-hybridized carbons (Fsp3) is 0. The molecule has 5 heteroatoms. The third kappa shape index (κ3) is 2.28. The van der Waals surface area contributed by atoms with E-state index in [-0.39, 0.29) is 5.88 Å². The summed E-state index contributed by atoms with van der Waals surface area (Å²) in [5.41, 5.74) is 2.99. The molecule has 4 nitrogen and oxygen atoms in total. The predicted octanol–water partition coefficient (Wildman–Crippen LogP) is 2.20. The van der Waals surface area contributed by atoms with Crippen LogP contribution in [0.4, 0.5) is 0 Å². The van der Waals surface area contributed by atoms with Crippen molar-refractivity contribution in [3.8, 4) is 17.1 Å². The van der Waals surface area contributed by atoms with Crippen molar-refractivity contribution >= 4 is 18.7 Å². The van der Waals surface area contributed by atoms with Gasteiger partial charge < -0.3 is 9.68 Å². The van der Waals surface area contributed by atoms with Gasteiger partial charge in [0.05, 0.1) is 11.0 Å². The minimum Gasteiger partial charge on any atom is -0.522 e. The summed E-state index contributed by atoms with van der Waals surface area (Å²) < 4.78 is 5.06. The maximum absolute atomic E-state index is 8.85. The molecule has 0 aliphatic heterocycles. The van der Waals surface area contributed by atoms with Gasteiger partial charge >= 0.3 is 7.69 Å². The van der Waals surface area contributed by atoms with Crippen molar-refractivity contribution in [1.82, 2.24) is 9.97 Å². The van der Waals surface area contributed by atoms with Crippen molar-refractivity contribution in [2.24, 2.45) is 0 Å². The van der Waals surface area contributed by atoms with Gasteiger partial charge in [-0.05, 0) is 12.1 Å². The normalized spacial score (nSPS) is 10.4. The van der Waals surface area contributed by atoms with E-state index >= 15 is 0 Å². The molecule has 3 aromatic rings. The highest BCUT2D eigenvalue weighted by Crippen LogP contribution is 2.28. The van der Waals surface area contributed by atoms with Crippen LogP contribution in [0.15, 0.2) is 54.6 Å². The zero-order valence-electron chi connectivity index (χ0n) is 10.0. The first kappa shape index (κ1) is 11.7. The first-order valence-electron chi connectivity index (χ1n) is 5.83. The van der Waals surface area contributed by atoms with Crippen molar-refractivity contribution in [2.75, 3.05) is 0 Å². The summed E-state index contributed by atoms with van der Waals surface area (Å²) in [7, 11) is 0.616. The quantitative estimate of drug-likeness (QED) is 0.723. The van der Waals surface area contributed by atoms with E-state index in [4.69, 9.17) is 9.68 Å². The largest absolute Gasteiger partial charge is 0.570 e. The van der Waals surface area contributed by atoms with Crippen LogP contribution in [0.3, 0.4) is 0 Å². The van der Waals surface area contributed by atoms with Crippen LogP contribution >= 0.6 is 0 Å². The molecule has 1 heterocycles. The monoisotopic (exact) mass is 249 g/mol. The number of nitrogens with zero attached hydrogens (tertiary/aromatic N) is 2. The van der Waals surface area contributed by atoms with Crippen molar-refractivity contribution in [2.45, 2.75) is 0 Å². The number of hydrogen-bond donors (Lipinski definition) is 1. The average Bonchev–Trinajstić information content (AvgIpc) is 2.48. The lowest BCUT2D eigenvalue weighted by molar-refractivity contribution is 0.444. The summed E-state index contributed by atoms with van der Waals surface area (Å²) in [6, 6.07) is 17.1. The molecule has 0 spiro atoms. The third-order valence-electron chi connectivity index (χ3n) is 2.75. The van der Waals surface area contributed by atoms with Crippen LogP contribution in [0.25, 0.3) is 22.3 Å². The van der Waals surface area contributed by atoms with Crippen LogP contribution in [0.1, 0.15) is 0 Å². The van der Waals surface area contributed by atoms with Crippen molar-refractivity contribution < 1.29 is 9.68 Å². The molecule has 91 valence electrons. The van der Waals surface area contributed by atoms with Gasteiger partial charge in [0.2, 0.25) is 5.88 Å². The Balaban J connectivity index is 2.23. The number of fused-ring (bicyclic) bond motifs is 1. The molecule has 0 aliphatic rings. The second-order valence-electron chi connectivity index (χ2n) is 3.96. The Kier molecular flexibility index (Phi) is 3.12. The minimum absolute atomic E-state index is 0.285. The standard InChI is InChI=1S/C14H10BN2O2/c18-15-19-14-13(10-6-2-1-3-7-10)16-11-8-4-5-9-12(11)17-14/h1-9,18H. The first-order valence-corrected chi connectivity index (χ1v) is 5.83. The molecule has 0 amide bonds. The van der Waals surface area contributed by atoms with Crippen LogP contribution in [0, 0.1) is 0 Å². The number of aromatic nitrogens is 2. The van der Waals surface area contributed by atoms with Gasteiger partial charge in [0.1, 0.15) is 5.69 Å². The zero-order chi connectivity index (χ0) is 13.1. The zero-order valence-corrected chi connectivity index (χ0v) is 10.0. The molecule has 0 saturated heterocycles. The molecule has 3 rings (SSSR count). The summed E-state index contributed by atoms with van der Waals surface area (Å²) >= 11 is 0. The van der Waals surface area contributed by atoms with Gasteiger partial charge in [-0.3, -0.25) is 0 Å². The van der Waals surface area contributed by atoms with Gasteiger partial charge in [0, 0.05) is 5.56 Å². The first-order chi connectivity index (χ1) is 9.38. The third-order valence-corrected chi connectivity index (χ3v) is 2.75. The van der Waals surface area contributed by atoms with Crippen LogP contribution in [0.2, 0.25) is 0 Å². The molecule has 0 saturated carbocycles. The summed E-state index contributed by atoms with van der Waals surface area (Å²) in [5, 5.41) is 8.85. The second kappa shape index (κ2) is 5.08. The summed E-state index contributed by atoms with van der Waals surface area (Å²) in [4.78, 5) is 8.91. The van der Waals surface area contributed by atoms with E-state index in [0.29, 0.717) is 13.4 Å². The van der Waals surface area contributed by atoms with Gasteiger partial charge in [-0.15, -0.1) is 0 Å². The lowest BCUT2D eigenvalue weighted by atomic mass is 10.1. The maximum Gasteiger partial charge on any atom is 0.570 e. The molecule has 0 unspecified atom stereocenters. The fourth-order valence-electron chi connectivity index (χ4n) is 1.90. The van der Waals surface area contributed by atoms with E-state index in [1.54, 1.807) is 0 Å². The van der Waals surface area contributed by atoms with Crippen molar-refractivity contribution in [1.29, 1.82) is 0 Å². The summed E-state index contributed by atoms with van der Waals surface area (Å²) in [5.74, 6) is 0.285. The topological polar surface area (TPSA) is 55.2 Å². The molecule has 1 aromatic heterocycles. The Labute approximate surface area is 111 Å². The van der Waals surface area contributed by atoms with Gasteiger partial charge in [0.25, 0.3) is 0 Å². The van der Waals surface area contributed by atoms with E-state index in [1.807, 2.05) is 54.6 Å². The summed E-state index contributed by atoms with van der Waals surface area (Å²) in [6.07, 6.45) is 0. The Bertz CT molecular complexity index is 704. The molecule has 2 aromatic carbocycles. The molecular formula is C14H10BN2O2. The molecule has 1 radical (unpaired) electrons. The van der Waals surface area contributed by atoms with E-state index in [1.165, 1.54) is 0 Å². The predicted molar refractivity (Wildman–Crippen MR) is 73.6 cm³/mol. The molecule has 0 fully saturated rings. The molecule has 1 N–H and O–H groups in total. The molecule has 0 aliphatic carbocycles. The highest BCUT2D eigenvalue weighted by atomic mass is 16.5. The minimum atomic E-state index is 0.285. The number of rotatable bonds is 3. The lowest BCUT2D eigenvalue weighted by Crippen LogP contribution is -2.05. The summed E-state index contributed by atoms with van der Waals surface area (Å²) in [6.45, 7) is 0.